The van der Waals surface area contributed by atoms with Crippen LogP contribution in [0.2, 0.25) is 0 Å². The topological polar surface area (TPSA) is 104 Å². The van der Waals surface area contributed by atoms with E-state index in [1.54, 1.807) is 12.1 Å². The summed E-state index contributed by atoms with van der Waals surface area (Å²) in [5, 5.41) is 41.5. The van der Waals surface area contributed by atoms with E-state index in [-0.39, 0.29) is 73.9 Å². The van der Waals surface area contributed by atoms with Crippen molar-refractivity contribution < 1.29 is 13.2 Å². The summed E-state index contributed by atoms with van der Waals surface area (Å²) in [4.78, 5) is 6.72. The SMILES string of the molecule is [C-]#[N+]C([N+]#[C-])=C1Cc2c(C#N)c3c(c(C#N)c2=C1c1cccc(C)c1)CC(=C(C#N)C#N)C=3c1cccc(SC(F)(F)F)c1. The monoisotopic (exact) mass is 596 g/mol. The van der Waals surface area contributed by atoms with Crippen molar-refractivity contribution in [1.29, 1.82) is 21.0 Å². The predicted octanol–water partition coefficient (Wildman–Crippen LogP) is 6.25. The highest BCUT2D eigenvalue weighted by molar-refractivity contribution is 8.00. The number of hydrogen-bond donors (Lipinski definition) is 0. The van der Waals surface area contributed by atoms with Crippen LogP contribution in [-0.4, -0.2) is 5.51 Å². The largest absolute Gasteiger partial charge is 0.523 e. The number of fused-ring (bicyclic) bond motifs is 2. The number of thioether (sulfide) groups is 1. The third-order valence-corrected chi connectivity index (χ3v) is 8.13. The van der Waals surface area contributed by atoms with Gasteiger partial charge in [0, 0.05) is 21.8 Å². The highest BCUT2D eigenvalue weighted by Gasteiger charge is 2.36. The third kappa shape index (κ3) is 4.87. The molecule has 2 aliphatic rings. The Morgan fingerprint density at radius 2 is 1.32 bits per heavy atom. The molecule has 10 heteroatoms. The molecule has 0 fully saturated rings. The van der Waals surface area contributed by atoms with E-state index in [0.29, 0.717) is 33.1 Å². The first-order valence-corrected chi connectivity index (χ1v) is 13.6. The van der Waals surface area contributed by atoms with Crippen LogP contribution in [0.15, 0.2) is 76.0 Å². The van der Waals surface area contributed by atoms with Crippen LogP contribution in [0.25, 0.3) is 20.8 Å². The Labute approximate surface area is 254 Å². The Kier molecular flexibility index (Phi) is 7.58. The zero-order valence-corrected chi connectivity index (χ0v) is 23.6. The minimum absolute atomic E-state index is 0.0107. The maximum atomic E-state index is 13.3. The number of benzene rings is 3. The van der Waals surface area contributed by atoms with Gasteiger partial charge in [-0.1, -0.05) is 42.0 Å². The molecule has 0 N–H and O–H groups in total. The Balaban J connectivity index is 2.04. The molecule has 2 aliphatic carbocycles. The Bertz CT molecular complexity index is 2240. The molecule has 0 radical (unpaired) electrons. The third-order valence-electron chi connectivity index (χ3n) is 7.41. The lowest BCUT2D eigenvalue weighted by atomic mass is 9.92. The van der Waals surface area contributed by atoms with E-state index in [1.165, 1.54) is 24.3 Å². The minimum atomic E-state index is -4.57. The van der Waals surface area contributed by atoms with Gasteiger partial charge in [-0.15, -0.1) is 0 Å². The van der Waals surface area contributed by atoms with Crippen molar-refractivity contribution in [1.82, 2.24) is 0 Å². The first-order chi connectivity index (χ1) is 21.1. The molecule has 0 aromatic heterocycles. The number of nitrogens with zero attached hydrogens (tertiary/aromatic N) is 6. The summed E-state index contributed by atoms with van der Waals surface area (Å²) in [5.41, 5.74) is -0.799. The molecule has 208 valence electrons. The number of aryl methyl sites for hydroxylation is 1. The zero-order valence-electron chi connectivity index (χ0n) is 22.8. The number of hydrogen-bond acceptors (Lipinski definition) is 5. The van der Waals surface area contributed by atoms with Crippen LogP contribution in [0.3, 0.4) is 0 Å². The summed E-state index contributed by atoms with van der Waals surface area (Å²) < 4.78 is 39.8. The van der Waals surface area contributed by atoms with Crippen LogP contribution in [0, 0.1) is 65.4 Å². The summed E-state index contributed by atoms with van der Waals surface area (Å²) in [6.07, 6.45) is -0.107. The van der Waals surface area contributed by atoms with Crippen molar-refractivity contribution in [2.24, 2.45) is 0 Å². The molecule has 0 heterocycles. The molecule has 6 nitrogen and oxygen atoms in total. The maximum Gasteiger partial charge on any atom is 0.523 e. The zero-order chi connectivity index (χ0) is 31.8. The second-order valence-corrected chi connectivity index (χ2v) is 11.0. The lowest BCUT2D eigenvalue weighted by molar-refractivity contribution is -0.0328. The van der Waals surface area contributed by atoms with Gasteiger partial charge in [0.2, 0.25) is 0 Å². The van der Waals surface area contributed by atoms with Gasteiger partial charge < -0.3 is 0 Å². The van der Waals surface area contributed by atoms with Crippen LogP contribution >= 0.6 is 11.8 Å². The average Bonchev–Trinajstić information content (AvgIpc) is 3.56. The van der Waals surface area contributed by atoms with E-state index in [9.17, 15) is 34.2 Å². The lowest BCUT2D eigenvalue weighted by Crippen LogP contribution is -2.26. The number of nitriles is 4. The van der Waals surface area contributed by atoms with Gasteiger partial charge in [-0.3, -0.25) is 0 Å². The summed E-state index contributed by atoms with van der Waals surface area (Å²) in [7, 11) is 0. The number of allylic oxidation sites excluding steroid dienone is 3. The molecule has 0 unspecified atom stereocenters. The van der Waals surface area contributed by atoms with Crippen LogP contribution in [0.5, 0.6) is 0 Å². The normalized spacial score (nSPS) is 13.0. The second-order valence-electron chi connectivity index (χ2n) is 9.83. The van der Waals surface area contributed by atoms with Crippen LogP contribution in [0.1, 0.15) is 38.9 Å². The quantitative estimate of drug-likeness (QED) is 0.202. The van der Waals surface area contributed by atoms with Gasteiger partial charge >= 0.3 is 11.3 Å². The molecular weight excluding hydrogens is 581 g/mol. The van der Waals surface area contributed by atoms with Crippen molar-refractivity contribution in [2.45, 2.75) is 30.2 Å². The fourth-order valence-electron chi connectivity index (χ4n) is 5.85. The molecule has 3 aromatic rings. The second kappa shape index (κ2) is 11.3. The van der Waals surface area contributed by atoms with Crippen molar-refractivity contribution in [2.75, 3.05) is 0 Å². The predicted molar refractivity (Wildman–Crippen MR) is 156 cm³/mol. The van der Waals surface area contributed by atoms with E-state index < -0.39 is 5.51 Å². The van der Waals surface area contributed by atoms with E-state index in [4.69, 9.17) is 13.1 Å². The van der Waals surface area contributed by atoms with Crippen LogP contribution in [-0.2, 0) is 12.8 Å². The highest BCUT2D eigenvalue weighted by atomic mass is 32.2. The Hall–Kier alpha value is -6.04. The molecule has 0 saturated carbocycles. The number of alkyl halides is 3. The van der Waals surface area contributed by atoms with Crippen molar-refractivity contribution in [3.8, 4) is 24.3 Å². The molecule has 44 heavy (non-hydrogen) atoms. The average molecular weight is 597 g/mol. The lowest BCUT2D eigenvalue weighted by Gasteiger charge is -2.11. The number of halogens is 3. The molecule has 0 aliphatic heterocycles. The smallest absolute Gasteiger partial charge is 0.192 e. The number of rotatable bonds is 3. The fourth-order valence-corrected chi connectivity index (χ4v) is 6.45. The summed E-state index contributed by atoms with van der Waals surface area (Å²) >= 11 is -0.321. The molecule has 0 spiro atoms. The summed E-state index contributed by atoms with van der Waals surface area (Å²) in [6, 6.07) is 21.0. The van der Waals surface area contributed by atoms with Gasteiger partial charge in [0.15, 0.2) is 0 Å². The summed E-state index contributed by atoms with van der Waals surface area (Å²) in [5.74, 6) is -0.205. The first kappa shape index (κ1) is 29.5. The van der Waals surface area contributed by atoms with Gasteiger partial charge in [-0.05, 0) is 76.2 Å². The molecule has 5 rings (SSSR count). The van der Waals surface area contributed by atoms with E-state index in [0.717, 1.165) is 5.56 Å². The van der Waals surface area contributed by atoms with E-state index in [1.807, 2.05) is 31.2 Å². The summed E-state index contributed by atoms with van der Waals surface area (Å²) in [6.45, 7) is 17.2. The minimum Gasteiger partial charge on any atom is -0.192 e. The Morgan fingerprint density at radius 3 is 1.82 bits per heavy atom. The van der Waals surface area contributed by atoms with Gasteiger partial charge in [0.25, 0.3) is 0 Å². The molecule has 0 bridgehead atoms. The molecular formula is C34H15F3N6S. The van der Waals surface area contributed by atoms with Crippen LogP contribution < -0.4 is 10.4 Å². The Morgan fingerprint density at radius 1 is 0.795 bits per heavy atom. The first-order valence-electron chi connectivity index (χ1n) is 12.8. The van der Waals surface area contributed by atoms with E-state index >= 15 is 0 Å². The maximum absolute atomic E-state index is 13.3. The van der Waals surface area contributed by atoms with E-state index in [2.05, 4.69) is 21.8 Å². The molecule has 0 atom stereocenters. The molecule has 0 amide bonds. The fraction of sp³-hybridized carbons (Fsp3) is 0.118. The van der Waals surface area contributed by atoms with Gasteiger partial charge in [0.05, 0.1) is 16.7 Å². The van der Waals surface area contributed by atoms with Gasteiger partial charge in [-0.2, -0.15) is 43.9 Å². The van der Waals surface area contributed by atoms with Crippen molar-refractivity contribution in [3.05, 3.63) is 143 Å². The highest BCUT2D eigenvalue weighted by Crippen LogP contribution is 2.40. The van der Waals surface area contributed by atoms with Crippen LogP contribution in [0.4, 0.5) is 13.2 Å². The van der Waals surface area contributed by atoms with Crippen molar-refractivity contribution in [3.63, 3.8) is 0 Å². The van der Waals surface area contributed by atoms with Gasteiger partial charge in [0.1, 0.15) is 43.0 Å². The van der Waals surface area contributed by atoms with Crippen molar-refractivity contribution >= 4 is 22.9 Å². The molecule has 0 saturated heterocycles. The molecule has 3 aromatic carbocycles. The van der Waals surface area contributed by atoms with Gasteiger partial charge in [-0.25, -0.2) is 0 Å². The standard InChI is InChI=1S/C34H15F3N6S/c1-18-6-4-7-19(10-18)30-26(33(42-2)43-3)13-25-28(17-41)31-24(27(16-40)32(25)30)12-23(21(14-38)15-39)29(31)20-8-5-9-22(11-20)44-34(35,36)37/h4-11H,12-13H2,1H3.